The summed E-state index contributed by atoms with van der Waals surface area (Å²) >= 11 is 3.58. The average molecular weight is 297 g/mol. The molecule has 1 aliphatic heterocycles. The molecule has 2 nitrogen and oxygen atoms in total. The van der Waals surface area contributed by atoms with E-state index < -0.39 is 0 Å². The van der Waals surface area contributed by atoms with Crippen molar-refractivity contribution in [3.8, 4) is 0 Å². The smallest absolute Gasteiger partial charge is 0.0405 e. The Bertz CT molecular complexity index is 390. The molecule has 0 unspecified atom stereocenters. The standard InChI is InChI=1S/C14H21BrN2/c1-14(2,3)12-10-11(15)4-5-13(12)17-8-6-16-7-9-17/h4-5,10,16H,6-9H2,1-3H3. The van der Waals surface area contributed by atoms with Crippen molar-refractivity contribution >= 4 is 21.6 Å². The Balaban J connectivity index is 2.38. The third kappa shape index (κ3) is 3.02. The van der Waals surface area contributed by atoms with Crippen molar-refractivity contribution in [2.45, 2.75) is 26.2 Å². The van der Waals surface area contributed by atoms with Gasteiger partial charge in [0.05, 0.1) is 0 Å². The Morgan fingerprint density at radius 1 is 1.18 bits per heavy atom. The first-order chi connectivity index (χ1) is 7.98. The van der Waals surface area contributed by atoms with E-state index in [1.807, 2.05) is 0 Å². The lowest BCUT2D eigenvalue weighted by Gasteiger charge is -2.34. The third-order valence-corrected chi connectivity index (χ3v) is 3.72. The highest BCUT2D eigenvalue weighted by Crippen LogP contribution is 2.34. The molecule has 3 heteroatoms. The van der Waals surface area contributed by atoms with Crippen molar-refractivity contribution in [1.29, 1.82) is 0 Å². The monoisotopic (exact) mass is 296 g/mol. The molecule has 1 N–H and O–H groups in total. The number of nitrogens with zero attached hydrogens (tertiary/aromatic N) is 1. The summed E-state index contributed by atoms with van der Waals surface area (Å²) in [5.74, 6) is 0. The maximum absolute atomic E-state index is 3.58. The van der Waals surface area contributed by atoms with Crippen LogP contribution >= 0.6 is 15.9 Å². The molecule has 0 aromatic heterocycles. The normalized spacial score (nSPS) is 17.3. The number of piperazine rings is 1. The maximum atomic E-state index is 3.58. The Labute approximate surface area is 113 Å². The van der Waals surface area contributed by atoms with Gasteiger partial charge in [-0.3, -0.25) is 0 Å². The molecule has 0 atom stereocenters. The number of halogens is 1. The molecule has 17 heavy (non-hydrogen) atoms. The third-order valence-electron chi connectivity index (χ3n) is 3.22. The van der Waals surface area contributed by atoms with Gasteiger partial charge in [0.25, 0.3) is 0 Å². The van der Waals surface area contributed by atoms with Crippen molar-refractivity contribution < 1.29 is 0 Å². The summed E-state index contributed by atoms with van der Waals surface area (Å²) in [7, 11) is 0. The molecule has 0 spiro atoms. The molecule has 1 saturated heterocycles. The second-order valence-corrected chi connectivity index (χ2v) is 6.56. The first-order valence-corrected chi connectivity index (χ1v) is 7.03. The second kappa shape index (κ2) is 4.99. The molecule has 94 valence electrons. The van der Waals surface area contributed by atoms with Gasteiger partial charge in [-0.2, -0.15) is 0 Å². The molecule has 2 rings (SSSR count). The van der Waals surface area contributed by atoms with Crippen LogP contribution in [0.2, 0.25) is 0 Å². The van der Waals surface area contributed by atoms with Gasteiger partial charge in [-0.15, -0.1) is 0 Å². The summed E-state index contributed by atoms with van der Waals surface area (Å²) < 4.78 is 1.17. The highest BCUT2D eigenvalue weighted by molar-refractivity contribution is 9.10. The summed E-state index contributed by atoms with van der Waals surface area (Å²) in [6.45, 7) is 11.2. The number of nitrogens with one attached hydrogen (secondary N) is 1. The fraction of sp³-hybridized carbons (Fsp3) is 0.571. The lowest BCUT2D eigenvalue weighted by Crippen LogP contribution is -2.44. The Morgan fingerprint density at radius 2 is 1.82 bits per heavy atom. The molecule has 0 amide bonds. The van der Waals surface area contributed by atoms with Gasteiger partial charge in [-0.1, -0.05) is 36.7 Å². The molecule has 1 heterocycles. The van der Waals surface area contributed by atoms with E-state index >= 15 is 0 Å². The van der Waals surface area contributed by atoms with E-state index in [2.05, 4.69) is 65.1 Å². The molecule has 1 aliphatic rings. The zero-order valence-corrected chi connectivity index (χ0v) is 12.5. The van der Waals surface area contributed by atoms with E-state index in [-0.39, 0.29) is 5.41 Å². The van der Waals surface area contributed by atoms with Crippen LogP contribution in [0.1, 0.15) is 26.3 Å². The number of hydrogen-bond donors (Lipinski definition) is 1. The minimum atomic E-state index is 0.185. The quantitative estimate of drug-likeness (QED) is 0.856. The van der Waals surface area contributed by atoms with Crippen LogP contribution in [-0.4, -0.2) is 26.2 Å². The second-order valence-electron chi connectivity index (χ2n) is 5.65. The van der Waals surface area contributed by atoms with Gasteiger partial charge in [0.1, 0.15) is 0 Å². The predicted octanol–water partition coefficient (Wildman–Crippen LogP) is 3.16. The summed E-state index contributed by atoms with van der Waals surface area (Å²) in [5.41, 5.74) is 3.00. The predicted molar refractivity (Wildman–Crippen MR) is 77.9 cm³/mol. The highest BCUT2D eigenvalue weighted by atomic mass is 79.9. The van der Waals surface area contributed by atoms with Gasteiger partial charge in [0, 0.05) is 36.3 Å². The van der Waals surface area contributed by atoms with Crippen molar-refractivity contribution in [3.63, 3.8) is 0 Å². The largest absolute Gasteiger partial charge is 0.369 e. The van der Waals surface area contributed by atoms with Crippen LogP contribution in [0, 0.1) is 0 Å². The topological polar surface area (TPSA) is 15.3 Å². The Hall–Kier alpha value is -0.540. The van der Waals surface area contributed by atoms with E-state index in [1.165, 1.54) is 15.7 Å². The molecular formula is C14H21BrN2. The number of benzene rings is 1. The van der Waals surface area contributed by atoms with Gasteiger partial charge in [0.2, 0.25) is 0 Å². The van der Waals surface area contributed by atoms with Crippen LogP contribution in [0.5, 0.6) is 0 Å². The number of rotatable bonds is 1. The average Bonchev–Trinajstić information content (AvgIpc) is 2.29. The molecule has 0 bridgehead atoms. The lowest BCUT2D eigenvalue weighted by molar-refractivity contribution is 0.563. The minimum absolute atomic E-state index is 0.185. The Kier molecular flexibility index (Phi) is 3.79. The van der Waals surface area contributed by atoms with Crippen LogP contribution < -0.4 is 10.2 Å². The Morgan fingerprint density at radius 3 is 2.41 bits per heavy atom. The number of hydrogen-bond acceptors (Lipinski definition) is 2. The molecule has 0 radical (unpaired) electrons. The van der Waals surface area contributed by atoms with E-state index in [0.29, 0.717) is 0 Å². The molecule has 0 saturated carbocycles. The highest BCUT2D eigenvalue weighted by Gasteiger charge is 2.22. The van der Waals surface area contributed by atoms with E-state index in [4.69, 9.17) is 0 Å². The van der Waals surface area contributed by atoms with Gasteiger partial charge in [-0.05, 0) is 29.2 Å². The van der Waals surface area contributed by atoms with Crippen LogP contribution in [0.25, 0.3) is 0 Å². The zero-order valence-electron chi connectivity index (χ0n) is 10.9. The molecule has 0 aliphatic carbocycles. The van der Waals surface area contributed by atoms with Gasteiger partial charge < -0.3 is 10.2 Å². The van der Waals surface area contributed by atoms with Crippen molar-refractivity contribution in [3.05, 3.63) is 28.2 Å². The summed E-state index contributed by atoms with van der Waals surface area (Å²) in [6.07, 6.45) is 0. The summed E-state index contributed by atoms with van der Waals surface area (Å²) in [5, 5.41) is 3.40. The van der Waals surface area contributed by atoms with Crippen LogP contribution in [0.15, 0.2) is 22.7 Å². The van der Waals surface area contributed by atoms with Gasteiger partial charge in [0.15, 0.2) is 0 Å². The fourth-order valence-corrected chi connectivity index (χ4v) is 2.65. The molecule has 1 aromatic rings. The number of anilines is 1. The van der Waals surface area contributed by atoms with E-state index in [9.17, 15) is 0 Å². The van der Waals surface area contributed by atoms with E-state index in [0.717, 1.165) is 26.2 Å². The summed E-state index contributed by atoms with van der Waals surface area (Å²) in [6, 6.07) is 6.65. The van der Waals surface area contributed by atoms with E-state index in [1.54, 1.807) is 0 Å². The van der Waals surface area contributed by atoms with Crippen molar-refractivity contribution in [1.82, 2.24) is 5.32 Å². The molecule has 1 aromatic carbocycles. The summed E-state index contributed by atoms with van der Waals surface area (Å²) in [4.78, 5) is 2.49. The van der Waals surface area contributed by atoms with Crippen molar-refractivity contribution in [2.75, 3.05) is 31.1 Å². The minimum Gasteiger partial charge on any atom is -0.369 e. The lowest BCUT2D eigenvalue weighted by atomic mass is 9.85. The van der Waals surface area contributed by atoms with Gasteiger partial charge in [-0.25, -0.2) is 0 Å². The van der Waals surface area contributed by atoms with Gasteiger partial charge >= 0.3 is 0 Å². The molecule has 1 fully saturated rings. The molecular weight excluding hydrogens is 276 g/mol. The van der Waals surface area contributed by atoms with Crippen LogP contribution in [-0.2, 0) is 5.41 Å². The zero-order chi connectivity index (χ0) is 12.5. The SMILES string of the molecule is CC(C)(C)c1cc(Br)ccc1N1CCNCC1. The first kappa shape index (κ1) is 12.9. The van der Waals surface area contributed by atoms with Crippen molar-refractivity contribution in [2.24, 2.45) is 0 Å². The van der Waals surface area contributed by atoms with Crippen LogP contribution in [0.4, 0.5) is 5.69 Å². The first-order valence-electron chi connectivity index (χ1n) is 6.24. The fourth-order valence-electron chi connectivity index (χ4n) is 2.29. The van der Waals surface area contributed by atoms with Crippen LogP contribution in [0.3, 0.4) is 0 Å². The maximum Gasteiger partial charge on any atom is 0.0405 e.